The van der Waals surface area contributed by atoms with Gasteiger partial charge in [-0.25, -0.2) is 4.39 Å². The number of halogens is 1. The number of furan rings is 1. The van der Waals surface area contributed by atoms with Gasteiger partial charge in [0, 0.05) is 16.8 Å². The second kappa shape index (κ2) is 8.13. The lowest BCUT2D eigenvalue weighted by Gasteiger charge is -2.11. The van der Waals surface area contributed by atoms with E-state index in [0.717, 1.165) is 11.5 Å². The lowest BCUT2D eigenvalue weighted by molar-refractivity contribution is 0.0995. The SMILES string of the molecule is Cc1cc(NC(=O)c2ccc(C#N)cc2F)ccc1NC(=O)c1cc2ccccc2o1. The van der Waals surface area contributed by atoms with Gasteiger partial charge >= 0.3 is 0 Å². The predicted octanol–water partition coefficient (Wildman–Crippen LogP) is 5.26. The maximum atomic E-state index is 14.0. The topological polar surface area (TPSA) is 95.1 Å². The molecule has 4 aromatic rings. The zero-order valence-electron chi connectivity index (χ0n) is 16.4. The van der Waals surface area contributed by atoms with E-state index in [1.54, 1.807) is 37.3 Å². The third kappa shape index (κ3) is 4.14. The van der Waals surface area contributed by atoms with Crippen molar-refractivity contribution in [1.82, 2.24) is 0 Å². The molecule has 0 saturated carbocycles. The Kier molecular flexibility index (Phi) is 5.21. The van der Waals surface area contributed by atoms with Crippen molar-refractivity contribution in [3.05, 3.63) is 95.0 Å². The van der Waals surface area contributed by atoms with Gasteiger partial charge in [-0.15, -0.1) is 0 Å². The largest absolute Gasteiger partial charge is 0.451 e. The van der Waals surface area contributed by atoms with Crippen LogP contribution in [0.15, 0.2) is 71.1 Å². The van der Waals surface area contributed by atoms with Crippen molar-refractivity contribution in [3.8, 4) is 6.07 Å². The summed E-state index contributed by atoms with van der Waals surface area (Å²) in [6, 6.07) is 19.4. The number of anilines is 2. The normalized spacial score (nSPS) is 10.5. The van der Waals surface area contributed by atoms with Crippen LogP contribution in [0.1, 0.15) is 32.0 Å². The molecule has 0 atom stereocenters. The van der Waals surface area contributed by atoms with Crippen LogP contribution in [0.25, 0.3) is 11.0 Å². The average molecular weight is 413 g/mol. The third-order valence-corrected chi connectivity index (χ3v) is 4.72. The summed E-state index contributed by atoms with van der Waals surface area (Å²) in [5, 5.41) is 15.0. The highest BCUT2D eigenvalue weighted by molar-refractivity contribution is 6.06. The Morgan fingerprint density at radius 2 is 1.77 bits per heavy atom. The second-order valence-electron chi connectivity index (χ2n) is 6.89. The smallest absolute Gasteiger partial charge is 0.291 e. The van der Waals surface area contributed by atoms with Crippen LogP contribution in [0.2, 0.25) is 0 Å². The molecule has 0 aliphatic heterocycles. The minimum Gasteiger partial charge on any atom is -0.451 e. The molecule has 0 fully saturated rings. The molecule has 0 aliphatic carbocycles. The molecule has 0 radical (unpaired) electrons. The first-order chi connectivity index (χ1) is 14.9. The lowest BCUT2D eigenvalue weighted by atomic mass is 10.1. The molecule has 1 aromatic heterocycles. The summed E-state index contributed by atoms with van der Waals surface area (Å²) in [6.45, 7) is 1.77. The molecule has 152 valence electrons. The Morgan fingerprint density at radius 1 is 0.968 bits per heavy atom. The molecule has 7 heteroatoms. The summed E-state index contributed by atoms with van der Waals surface area (Å²) in [5.74, 6) is -1.62. The molecular weight excluding hydrogens is 397 g/mol. The van der Waals surface area contributed by atoms with Crippen LogP contribution in [0.3, 0.4) is 0 Å². The highest BCUT2D eigenvalue weighted by atomic mass is 19.1. The minimum absolute atomic E-state index is 0.134. The fourth-order valence-corrected chi connectivity index (χ4v) is 3.13. The van der Waals surface area contributed by atoms with Crippen LogP contribution in [0.5, 0.6) is 0 Å². The zero-order valence-corrected chi connectivity index (χ0v) is 16.4. The molecular formula is C24H16FN3O3. The predicted molar refractivity (Wildman–Crippen MR) is 114 cm³/mol. The minimum atomic E-state index is -0.775. The summed E-state index contributed by atoms with van der Waals surface area (Å²) in [6.07, 6.45) is 0. The monoisotopic (exact) mass is 413 g/mol. The number of hydrogen-bond donors (Lipinski definition) is 2. The first-order valence-electron chi connectivity index (χ1n) is 9.36. The Hall–Kier alpha value is -4.44. The molecule has 0 unspecified atom stereocenters. The summed E-state index contributed by atoms with van der Waals surface area (Å²) >= 11 is 0. The highest BCUT2D eigenvalue weighted by Crippen LogP contribution is 2.23. The Bertz CT molecular complexity index is 1340. The van der Waals surface area contributed by atoms with Crippen LogP contribution < -0.4 is 10.6 Å². The number of nitrogens with zero attached hydrogens (tertiary/aromatic N) is 1. The van der Waals surface area contributed by atoms with Gasteiger partial charge in [-0.2, -0.15) is 5.26 Å². The third-order valence-electron chi connectivity index (χ3n) is 4.72. The van der Waals surface area contributed by atoms with Crippen LogP contribution in [0, 0.1) is 24.1 Å². The van der Waals surface area contributed by atoms with E-state index in [1.807, 2.05) is 24.3 Å². The fraction of sp³-hybridized carbons (Fsp3) is 0.0417. The zero-order chi connectivity index (χ0) is 22.0. The Balaban J connectivity index is 1.48. The highest BCUT2D eigenvalue weighted by Gasteiger charge is 2.15. The number of amides is 2. The van der Waals surface area contributed by atoms with E-state index in [9.17, 15) is 14.0 Å². The number of carbonyl (C=O) groups is 2. The average Bonchev–Trinajstić information content (AvgIpc) is 3.20. The molecule has 0 bridgehead atoms. The van der Waals surface area contributed by atoms with Crippen LogP contribution in [0.4, 0.5) is 15.8 Å². The van der Waals surface area contributed by atoms with Crippen molar-refractivity contribution in [2.24, 2.45) is 0 Å². The lowest BCUT2D eigenvalue weighted by Crippen LogP contribution is -2.15. The van der Waals surface area contributed by atoms with Crippen molar-refractivity contribution in [2.75, 3.05) is 10.6 Å². The van der Waals surface area contributed by atoms with Gasteiger partial charge < -0.3 is 15.1 Å². The van der Waals surface area contributed by atoms with Crippen molar-refractivity contribution in [1.29, 1.82) is 5.26 Å². The van der Waals surface area contributed by atoms with Crippen molar-refractivity contribution < 1.29 is 18.4 Å². The number of carbonyl (C=O) groups excluding carboxylic acids is 2. The standard InChI is InChI=1S/C24H16FN3O3/c1-14-10-17(27-23(29)18-8-6-15(13-26)11-19(18)25)7-9-20(14)28-24(30)22-12-16-4-2-3-5-21(16)31-22/h2-12H,1H3,(H,27,29)(H,28,30). The van der Waals surface area contributed by atoms with Gasteiger partial charge in [0.05, 0.1) is 17.2 Å². The van der Waals surface area contributed by atoms with Crippen molar-refractivity contribution in [3.63, 3.8) is 0 Å². The molecule has 0 spiro atoms. The molecule has 3 aromatic carbocycles. The van der Waals surface area contributed by atoms with Crippen molar-refractivity contribution in [2.45, 2.75) is 6.92 Å². The first kappa shape index (κ1) is 19.9. The Morgan fingerprint density at radius 3 is 2.48 bits per heavy atom. The number of para-hydroxylation sites is 1. The molecule has 6 nitrogen and oxygen atoms in total. The molecule has 2 N–H and O–H groups in total. The fourth-order valence-electron chi connectivity index (χ4n) is 3.13. The van der Waals surface area contributed by atoms with Gasteiger partial charge in [0.2, 0.25) is 0 Å². The van der Waals surface area contributed by atoms with Gasteiger partial charge in [-0.05, 0) is 61.0 Å². The Labute approximate surface area is 176 Å². The van der Waals surface area contributed by atoms with Crippen molar-refractivity contribution >= 4 is 34.2 Å². The number of fused-ring (bicyclic) bond motifs is 1. The van der Waals surface area contributed by atoms with Crippen LogP contribution >= 0.6 is 0 Å². The van der Waals surface area contributed by atoms with Gasteiger partial charge in [-0.3, -0.25) is 9.59 Å². The molecule has 0 saturated heterocycles. The maximum absolute atomic E-state index is 14.0. The number of rotatable bonds is 4. The molecule has 1 heterocycles. The van der Waals surface area contributed by atoms with E-state index in [4.69, 9.17) is 9.68 Å². The number of nitriles is 1. The molecule has 31 heavy (non-hydrogen) atoms. The van der Waals surface area contributed by atoms with Gasteiger partial charge in [0.15, 0.2) is 5.76 Å². The molecule has 0 aliphatic rings. The molecule has 4 rings (SSSR count). The van der Waals surface area contributed by atoms with E-state index in [2.05, 4.69) is 10.6 Å². The molecule has 2 amide bonds. The van der Waals surface area contributed by atoms with Crippen LogP contribution in [-0.2, 0) is 0 Å². The quantitative estimate of drug-likeness (QED) is 0.477. The number of benzene rings is 3. The summed E-state index contributed by atoms with van der Waals surface area (Å²) in [5.41, 5.74) is 2.27. The van der Waals surface area contributed by atoms with E-state index >= 15 is 0 Å². The number of hydrogen-bond acceptors (Lipinski definition) is 4. The summed E-state index contributed by atoms with van der Waals surface area (Å²) in [7, 11) is 0. The van der Waals surface area contributed by atoms with Gasteiger partial charge in [-0.1, -0.05) is 18.2 Å². The summed E-state index contributed by atoms with van der Waals surface area (Å²) in [4.78, 5) is 24.9. The van der Waals surface area contributed by atoms with Crippen LogP contribution in [-0.4, -0.2) is 11.8 Å². The maximum Gasteiger partial charge on any atom is 0.291 e. The number of aryl methyl sites for hydroxylation is 1. The van der Waals surface area contributed by atoms with Gasteiger partial charge in [0.25, 0.3) is 11.8 Å². The van der Waals surface area contributed by atoms with E-state index < -0.39 is 17.6 Å². The first-order valence-corrected chi connectivity index (χ1v) is 9.36. The van der Waals surface area contributed by atoms with E-state index in [-0.39, 0.29) is 16.9 Å². The van der Waals surface area contributed by atoms with E-state index in [1.165, 1.54) is 12.1 Å². The summed E-state index contributed by atoms with van der Waals surface area (Å²) < 4.78 is 19.6. The van der Waals surface area contributed by atoms with E-state index in [0.29, 0.717) is 22.5 Å². The second-order valence-corrected chi connectivity index (χ2v) is 6.89. The van der Waals surface area contributed by atoms with Gasteiger partial charge in [0.1, 0.15) is 11.4 Å². The number of nitrogens with one attached hydrogen (secondary N) is 2.